The third-order valence-electron chi connectivity index (χ3n) is 3.89. The minimum atomic E-state index is 0.525. The van der Waals surface area contributed by atoms with Crippen molar-refractivity contribution in [1.82, 2.24) is 0 Å². The lowest BCUT2D eigenvalue weighted by Gasteiger charge is -2.14. The molecule has 0 fully saturated rings. The molecule has 3 aromatic carbocycles. The Morgan fingerprint density at radius 1 is 0.808 bits per heavy atom. The van der Waals surface area contributed by atoms with E-state index >= 15 is 0 Å². The SMILES string of the molecule is CCOc1cc(CNc2ccc(Br)cc2)ccc1OCc1ccccc1. The largest absolute Gasteiger partial charge is 0.490 e. The molecule has 134 valence electrons. The molecule has 3 nitrogen and oxygen atoms in total. The molecule has 0 saturated heterocycles. The smallest absolute Gasteiger partial charge is 0.161 e. The summed E-state index contributed by atoms with van der Waals surface area (Å²) in [6.45, 7) is 3.83. The number of anilines is 1. The molecule has 0 unspecified atom stereocenters. The van der Waals surface area contributed by atoms with Crippen molar-refractivity contribution in [2.24, 2.45) is 0 Å². The van der Waals surface area contributed by atoms with Crippen LogP contribution in [0, 0.1) is 0 Å². The number of hydrogen-bond acceptors (Lipinski definition) is 3. The average molecular weight is 412 g/mol. The zero-order valence-corrected chi connectivity index (χ0v) is 16.3. The third-order valence-corrected chi connectivity index (χ3v) is 4.41. The molecule has 1 N–H and O–H groups in total. The molecule has 4 heteroatoms. The van der Waals surface area contributed by atoms with Crippen LogP contribution in [0.3, 0.4) is 0 Å². The summed E-state index contributed by atoms with van der Waals surface area (Å²) < 4.78 is 12.8. The topological polar surface area (TPSA) is 30.5 Å². The van der Waals surface area contributed by atoms with Crippen molar-refractivity contribution >= 4 is 21.6 Å². The van der Waals surface area contributed by atoms with Crippen molar-refractivity contribution in [1.29, 1.82) is 0 Å². The Morgan fingerprint density at radius 2 is 1.58 bits per heavy atom. The van der Waals surface area contributed by atoms with Crippen molar-refractivity contribution in [2.75, 3.05) is 11.9 Å². The fraction of sp³-hybridized carbons (Fsp3) is 0.182. The van der Waals surface area contributed by atoms with E-state index in [4.69, 9.17) is 9.47 Å². The van der Waals surface area contributed by atoms with E-state index in [1.165, 1.54) is 0 Å². The summed E-state index contributed by atoms with van der Waals surface area (Å²) in [4.78, 5) is 0. The molecular formula is C22H22BrNO2. The highest BCUT2D eigenvalue weighted by Crippen LogP contribution is 2.29. The van der Waals surface area contributed by atoms with Gasteiger partial charge in [-0.3, -0.25) is 0 Å². The first-order valence-corrected chi connectivity index (χ1v) is 9.46. The Bertz CT molecular complexity index is 819. The van der Waals surface area contributed by atoms with Gasteiger partial charge in [0.25, 0.3) is 0 Å². The van der Waals surface area contributed by atoms with E-state index in [9.17, 15) is 0 Å². The molecule has 0 bridgehead atoms. The maximum atomic E-state index is 5.96. The maximum absolute atomic E-state index is 5.96. The summed E-state index contributed by atoms with van der Waals surface area (Å²) in [5.41, 5.74) is 3.36. The summed E-state index contributed by atoms with van der Waals surface area (Å²) in [7, 11) is 0. The fourth-order valence-corrected chi connectivity index (χ4v) is 2.82. The van der Waals surface area contributed by atoms with Crippen LogP contribution in [-0.2, 0) is 13.2 Å². The maximum Gasteiger partial charge on any atom is 0.161 e. The second-order valence-electron chi connectivity index (χ2n) is 5.85. The van der Waals surface area contributed by atoms with Crippen molar-refractivity contribution < 1.29 is 9.47 Å². The second-order valence-corrected chi connectivity index (χ2v) is 6.76. The van der Waals surface area contributed by atoms with Crippen molar-refractivity contribution in [3.05, 3.63) is 88.4 Å². The lowest BCUT2D eigenvalue weighted by atomic mass is 10.2. The van der Waals surface area contributed by atoms with Gasteiger partial charge in [-0.05, 0) is 54.4 Å². The predicted octanol–water partition coefficient (Wildman–Crippen LogP) is 6.04. The molecule has 3 rings (SSSR count). The van der Waals surface area contributed by atoms with Crippen LogP contribution in [0.5, 0.6) is 11.5 Å². The van der Waals surface area contributed by atoms with E-state index in [-0.39, 0.29) is 0 Å². The van der Waals surface area contributed by atoms with E-state index in [2.05, 4.69) is 39.4 Å². The third kappa shape index (κ3) is 5.27. The molecule has 0 aromatic heterocycles. The quantitative estimate of drug-likeness (QED) is 0.489. The van der Waals surface area contributed by atoms with Gasteiger partial charge in [-0.15, -0.1) is 0 Å². The monoisotopic (exact) mass is 411 g/mol. The minimum Gasteiger partial charge on any atom is -0.490 e. The zero-order chi connectivity index (χ0) is 18.2. The van der Waals surface area contributed by atoms with Crippen LogP contribution in [0.1, 0.15) is 18.1 Å². The van der Waals surface area contributed by atoms with Crippen LogP contribution >= 0.6 is 15.9 Å². The molecule has 0 heterocycles. The fourth-order valence-electron chi connectivity index (χ4n) is 2.56. The highest BCUT2D eigenvalue weighted by molar-refractivity contribution is 9.10. The Morgan fingerprint density at radius 3 is 2.31 bits per heavy atom. The van der Waals surface area contributed by atoms with Gasteiger partial charge in [0.2, 0.25) is 0 Å². The number of hydrogen-bond donors (Lipinski definition) is 1. The number of ether oxygens (including phenoxy) is 2. The van der Waals surface area contributed by atoms with Crippen molar-refractivity contribution in [3.63, 3.8) is 0 Å². The first-order chi connectivity index (χ1) is 12.7. The molecule has 0 aliphatic heterocycles. The normalized spacial score (nSPS) is 10.4. The summed E-state index contributed by atoms with van der Waals surface area (Å²) in [6.07, 6.45) is 0. The first-order valence-electron chi connectivity index (χ1n) is 8.66. The number of nitrogens with one attached hydrogen (secondary N) is 1. The van der Waals surface area contributed by atoms with Gasteiger partial charge >= 0.3 is 0 Å². The lowest BCUT2D eigenvalue weighted by molar-refractivity contribution is 0.269. The van der Waals surface area contributed by atoms with E-state index in [1.54, 1.807) is 0 Å². The molecule has 3 aromatic rings. The average Bonchev–Trinajstić information content (AvgIpc) is 2.68. The van der Waals surface area contributed by atoms with Gasteiger partial charge in [0, 0.05) is 16.7 Å². The van der Waals surface area contributed by atoms with E-state index in [1.807, 2.05) is 61.5 Å². The van der Waals surface area contributed by atoms with Gasteiger partial charge in [0.15, 0.2) is 11.5 Å². The van der Waals surface area contributed by atoms with Crippen LogP contribution < -0.4 is 14.8 Å². The van der Waals surface area contributed by atoms with Crippen LogP contribution in [0.25, 0.3) is 0 Å². The Hall–Kier alpha value is -2.46. The summed E-state index contributed by atoms with van der Waals surface area (Å²) in [5, 5.41) is 3.42. The van der Waals surface area contributed by atoms with Gasteiger partial charge in [0.05, 0.1) is 6.61 Å². The van der Waals surface area contributed by atoms with Gasteiger partial charge in [0.1, 0.15) is 6.61 Å². The first kappa shape index (κ1) is 18.3. The second kappa shape index (κ2) is 9.30. The van der Waals surface area contributed by atoms with Gasteiger partial charge in [-0.2, -0.15) is 0 Å². The van der Waals surface area contributed by atoms with Crippen molar-refractivity contribution in [2.45, 2.75) is 20.1 Å². The van der Waals surface area contributed by atoms with Gasteiger partial charge in [-0.25, -0.2) is 0 Å². The summed E-state index contributed by atoms with van der Waals surface area (Å²) in [5.74, 6) is 1.54. The number of rotatable bonds is 8. The van der Waals surface area contributed by atoms with Gasteiger partial charge in [-0.1, -0.05) is 52.3 Å². The molecule has 0 amide bonds. The van der Waals surface area contributed by atoms with E-state index in [0.717, 1.165) is 39.3 Å². The van der Waals surface area contributed by atoms with Crippen LogP contribution in [0.2, 0.25) is 0 Å². The molecule has 0 spiro atoms. The highest BCUT2D eigenvalue weighted by atomic mass is 79.9. The molecule has 0 radical (unpaired) electrons. The zero-order valence-electron chi connectivity index (χ0n) is 14.7. The van der Waals surface area contributed by atoms with Crippen molar-refractivity contribution in [3.8, 4) is 11.5 Å². The Labute approximate surface area is 163 Å². The van der Waals surface area contributed by atoms with E-state index in [0.29, 0.717) is 13.2 Å². The van der Waals surface area contributed by atoms with Gasteiger partial charge < -0.3 is 14.8 Å². The molecule has 26 heavy (non-hydrogen) atoms. The molecule has 0 saturated carbocycles. The lowest BCUT2D eigenvalue weighted by Crippen LogP contribution is -2.03. The molecule has 0 aliphatic rings. The summed E-state index contributed by atoms with van der Waals surface area (Å²) >= 11 is 3.45. The Balaban J connectivity index is 1.66. The highest BCUT2D eigenvalue weighted by Gasteiger charge is 2.07. The molecular weight excluding hydrogens is 390 g/mol. The minimum absolute atomic E-state index is 0.525. The molecule has 0 aliphatic carbocycles. The van der Waals surface area contributed by atoms with Crippen LogP contribution in [-0.4, -0.2) is 6.61 Å². The summed E-state index contributed by atoms with van der Waals surface area (Å²) in [6, 6.07) is 24.4. The number of halogens is 1. The van der Waals surface area contributed by atoms with Crippen LogP contribution in [0.4, 0.5) is 5.69 Å². The predicted molar refractivity (Wildman–Crippen MR) is 110 cm³/mol. The van der Waals surface area contributed by atoms with E-state index < -0.39 is 0 Å². The molecule has 0 atom stereocenters. The standard InChI is InChI=1S/C22H22BrNO2/c1-2-25-22-14-18(15-24-20-11-9-19(23)10-12-20)8-13-21(22)26-16-17-6-4-3-5-7-17/h3-14,24H,2,15-16H2,1H3. The number of benzene rings is 3. The Kier molecular flexibility index (Phi) is 6.56. The van der Waals surface area contributed by atoms with Crippen LogP contribution in [0.15, 0.2) is 77.3 Å².